The molecule has 3 amide bonds. The summed E-state index contributed by atoms with van der Waals surface area (Å²) in [5, 5.41) is 5.78. The first kappa shape index (κ1) is 15.8. The first-order chi connectivity index (χ1) is 9.58. The largest absolute Gasteiger partial charge is 0.365 e. The lowest BCUT2D eigenvalue weighted by Crippen LogP contribution is -2.44. The zero-order chi connectivity index (χ0) is 15.0. The number of carbonyl (C=O) groups excluding carboxylic acids is 2. The van der Waals surface area contributed by atoms with Gasteiger partial charge in [0.05, 0.1) is 18.4 Å². The molecule has 108 valence electrons. The van der Waals surface area contributed by atoms with Crippen molar-refractivity contribution in [2.45, 2.75) is 6.54 Å². The van der Waals surface area contributed by atoms with Crippen molar-refractivity contribution < 1.29 is 14.2 Å². The van der Waals surface area contributed by atoms with Crippen LogP contribution in [0.15, 0.2) is 29.8 Å². The number of aromatic nitrogens is 1. The third kappa shape index (κ3) is 4.81. The number of rotatable bonds is 7. The number of amides is 3. The SMILES string of the molecule is NC(=O)c1ccc[n+](CCNC(=O)N(CCCl)N=O)c1. The molecule has 0 radical (unpaired) electrons. The Labute approximate surface area is 120 Å². The zero-order valence-electron chi connectivity index (χ0n) is 10.7. The molecule has 1 heterocycles. The van der Waals surface area contributed by atoms with Gasteiger partial charge >= 0.3 is 6.03 Å². The summed E-state index contributed by atoms with van der Waals surface area (Å²) in [6.45, 7) is 0.724. The molecular weight excluding hydrogens is 286 g/mol. The van der Waals surface area contributed by atoms with Gasteiger partial charge in [0.1, 0.15) is 5.56 Å². The molecule has 8 nitrogen and oxygen atoms in total. The van der Waals surface area contributed by atoms with Gasteiger partial charge in [-0.1, -0.05) is 0 Å². The van der Waals surface area contributed by atoms with Crippen LogP contribution in [0.4, 0.5) is 4.79 Å². The number of hydrogen-bond acceptors (Lipinski definition) is 4. The van der Waals surface area contributed by atoms with E-state index in [1.807, 2.05) is 0 Å². The van der Waals surface area contributed by atoms with E-state index >= 15 is 0 Å². The van der Waals surface area contributed by atoms with E-state index in [1.54, 1.807) is 29.1 Å². The molecule has 1 rings (SSSR count). The van der Waals surface area contributed by atoms with E-state index < -0.39 is 11.9 Å². The summed E-state index contributed by atoms with van der Waals surface area (Å²) in [6.07, 6.45) is 3.30. The Kier molecular flexibility index (Phi) is 6.38. The van der Waals surface area contributed by atoms with Gasteiger partial charge in [0.2, 0.25) is 0 Å². The number of hydrogen-bond donors (Lipinski definition) is 2. The van der Waals surface area contributed by atoms with Crippen LogP contribution in [0.2, 0.25) is 0 Å². The molecule has 1 aromatic heterocycles. The molecule has 0 atom stereocenters. The highest BCUT2D eigenvalue weighted by atomic mass is 35.5. The van der Waals surface area contributed by atoms with E-state index in [-0.39, 0.29) is 19.0 Å². The van der Waals surface area contributed by atoms with Gasteiger partial charge in [0, 0.05) is 11.9 Å². The molecule has 0 spiro atoms. The van der Waals surface area contributed by atoms with Gasteiger partial charge in [-0.05, 0) is 6.07 Å². The van der Waals surface area contributed by atoms with Crippen molar-refractivity contribution >= 4 is 23.5 Å². The number of pyridine rings is 1. The molecule has 1 aromatic rings. The van der Waals surface area contributed by atoms with Crippen LogP contribution >= 0.6 is 11.6 Å². The number of primary amides is 1. The van der Waals surface area contributed by atoms with Crippen LogP contribution in [0.5, 0.6) is 0 Å². The topological polar surface area (TPSA) is 109 Å². The second-order valence-corrected chi connectivity index (χ2v) is 4.20. The molecule has 0 saturated carbocycles. The number of nitrogens with zero attached hydrogens (tertiary/aromatic N) is 3. The minimum Gasteiger partial charge on any atom is -0.365 e. The summed E-state index contributed by atoms with van der Waals surface area (Å²) in [5.74, 6) is -0.406. The van der Waals surface area contributed by atoms with Gasteiger partial charge < -0.3 is 11.1 Å². The fourth-order valence-electron chi connectivity index (χ4n) is 1.45. The standard InChI is InChI=1S/C11H14ClN5O3/c12-3-6-17(15-20)11(19)14-4-7-16-5-1-2-9(8-16)10(13)18/h1-2,5,8H,3-4,6-7H2,(H2-,13,14,18,19)/p+1. The third-order valence-electron chi connectivity index (χ3n) is 2.42. The smallest absolute Gasteiger partial charge is 0.340 e. The summed E-state index contributed by atoms with van der Waals surface area (Å²) in [4.78, 5) is 32.9. The Morgan fingerprint density at radius 2 is 2.25 bits per heavy atom. The maximum Gasteiger partial charge on any atom is 0.340 e. The normalized spacial score (nSPS) is 9.85. The van der Waals surface area contributed by atoms with E-state index in [4.69, 9.17) is 17.3 Å². The lowest BCUT2D eigenvalue weighted by Gasteiger charge is -2.11. The van der Waals surface area contributed by atoms with Gasteiger partial charge in [0.15, 0.2) is 18.9 Å². The fraction of sp³-hybridized carbons (Fsp3) is 0.364. The van der Waals surface area contributed by atoms with Crippen molar-refractivity contribution in [3.8, 4) is 0 Å². The number of carbonyl (C=O) groups is 2. The Morgan fingerprint density at radius 1 is 1.50 bits per heavy atom. The predicted molar refractivity (Wildman–Crippen MR) is 71.8 cm³/mol. The maximum absolute atomic E-state index is 11.5. The lowest BCUT2D eigenvalue weighted by molar-refractivity contribution is -0.695. The second kappa shape index (κ2) is 8.05. The van der Waals surface area contributed by atoms with E-state index in [1.165, 1.54) is 0 Å². The lowest BCUT2D eigenvalue weighted by atomic mass is 10.3. The molecule has 0 aliphatic heterocycles. The van der Waals surface area contributed by atoms with Crippen molar-refractivity contribution in [3.05, 3.63) is 35.0 Å². The first-order valence-electron chi connectivity index (χ1n) is 5.82. The molecular formula is C11H15ClN5O3+. The Balaban J connectivity index is 2.48. The molecule has 0 fully saturated rings. The summed E-state index contributed by atoms with van der Waals surface area (Å²) >= 11 is 5.43. The van der Waals surface area contributed by atoms with Crippen LogP contribution in [0.1, 0.15) is 10.4 Å². The first-order valence-corrected chi connectivity index (χ1v) is 6.35. The monoisotopic (exact) mass is 300 g/mol. The van der Waals surface area contributed by atoms with Crippen LogP contribution in [0.3, 0.4) is 0 Å². The Bertz CT molecular complexity index is 497. The van der Waals surface area contributed by atoms with Gasteiger partial charge in [0.25, 0.3) is 5.91 Å². The summed E-state index contributed by atoms with van der Waals surface area (Å²) in [7, 11) is 0. The highest BCUT2D eigenvalue weighted by Crippen LogP contribution is 1.93. The average Bonchev–Trinajstić information content (AvgIpc) is 2.44. The van der Waals surface area contributed by atoms with Crippen LogP contribution in [0.25, 0.3) is 0 Å². The van der Waals surface area contributed by atoms with Gasteiger partial charge in [-0.25, -0.2) is 9.36 Å². The second-order valence-electron chi connectivity index (χ2n) is 3.82. The Morgan fingerprint density at radius 3 is 2.85 bits per heavy atom. The molecule has 0 aliphatic carbocycles. The van der Waals surface area contributed by atoms with Crippen molar-refractivity contribution in [3.63, 3.8) is 0 Å². The van der Waals surface area contributed by atoms with Crippen LogP contribution in [-0.4, -0.2) is 35.9 Å². The fourth-order valence-corrected chi connectivity index (χ4v) is 1.61. The van der Waals surface area contributed by atoms with Crippen LogP contribution in [-0.2, 0) is 6.54 Å². The van der Waals surface area contributed by atoms with Crippen molar-refractivity contribution in [1.29, 1.82) is 0 Å². The molecule has 0 unspecified atom stereocenters. The average molecular weight is 301 g/mol. The van der Waals surface area contributed by atoms with Crippen molar-refractivity contribution in [2.75, 3.05) is 19.0 Å². The molecule has 0 bridgehead atoms. The number of urea groups is 1. The van der Waals surface area contributed by atoms with Crippen LogP contribution in [0, 0.1) is 4.91 Å². The van der Waals surface area contributed by atoms with Crippen molar-refractivity contribution in [2.24, 2.45) is 11.0 Å². The quantitative estimate of drug-likeness (QED) is 0.320. The molecule has 0 aliphatic rings. The predicted octanol–water partition coefficient (Wildman–Crippen LogP) is 0.00480. The zero-order valence-corrected chi connectivity index (χ0v) is 11.4. The van der Waals surface area contributed by atoms with Crippen LogP contribution < -0.4 is 15.6 Å². The highest BCUT2D eigenvalue weighted by Gasteiger charge is 2.13. The van der Waals surface area contributed by atoms with Gasteiger partial charge in [-0.3, -0.25) is 4.79 Å². The maximum atomic E-state index is 11.5. The summed E-state index contributed by atoms with van der Waals surface area (Å²) < 4.78 is 1.70. The van der Waals surface area contributed by atoms with E-state index in [0.29, 0.717) is 17.1 Å². The third-order valence-corrected chi connectivity index (χ3v) is 2.59. The number of nitrogens with one attached hydrogen (secondary N) is 1. The minimum absolute atomic E-state index is 0.0428. The van der Waals surface area contributed by atoms with Crippen molar-refractivity contribution in [1.82, 2.24) is 10.3 Å². The molecule has 9 heteroatoms. The van der Waals surface area contributed by atoms with E-state index in [2.05, 4.69) is 10.6 Å². The molecule has 20 heavy (non-hydrogen) atoms. The molecule has 3 N–H and O–H groups in total. The highest BCUT2D eigenvalue weighted by molar-refractivity contribution is 6.18. The van der Waals surface area contributed by atoms with E-state index in [0.717, 1.165) is 0 Å². The summed E-state index contributed by atoms with van der Waals surface area (Å²) in [6, 6.07) is 2.65. The summed E-state index contributed by atoms with van der Waals surface area (Å²) in [5.41, 5.74) is 5.53. The van der Waals surface area contributed by atoms with E-state index in [9.17, 15) is 14.5 Å². The molecule has 0 aromatic carbocycles. The number of alkyl halides is 1. The Hall–Kier alpha value is -2.22. The van der Waals surface area contributed by atoms with Gasteiger partial charge in [-0.15, -0.1) is 16.5 Å². The number of nitroso groups, excluding NO2 is 1. The molecule has 0 saturated heterocycles. The number of nitrogens with two attached hydrogens (primary N) is 1. The van der Waals surface area contributed by atoms with Gasteiger partial charge in [-0.2, -0.15) is 5.01 Å². The number of halogens is 1. The minimum atomic E-state index is -0.618.